The van der Waals surface area contributed by atoms with Crippen molar-refractivity contribution < 1.29 is 61.4 Å². The average molecular weight is 1110 g/mol. The van der Waals surface area contributed by atoms with Gasteiger partial charge in [-0.05, 0) is 91.8 Å². The maximum atomic E-state index is 15.2. The molecule has 0 aliphatic carbocycles. The number of nitrogens with two attached hydrogens (primary N) is 1. The van der Waals surface area contributed by atoms with Crippen LogP contribution in [0.4, 0.5) is 28.4 Å². The molecule has 0 fully saturated rings. The average Bonchev–Trinajstić information content (AvgIpc) is 4.03. The number of unbranched alkanes of at least 4 members (excludes halogenated alkanes) is 2. The van der Waals surface area contributed by atoms with E-state index in [4.69, 9.17) is 15.5 Å². The number of imidazole rings is 1. The normalized spacial score (nSPS) is 14.3. The molecule has 0 saturated carbocycles. The van der Waals surface area contributed by atoms with Crippen LogP contribution in [0.3, 0.4) is 0 Å². The van der Waals surface area contributed by atoms with Gasteiger partial charge in [0.1, 0.15) is 36.8 Å². The van der Waals surface area contributed by atoms with Crippen LogP contribution >= 0.6 is 0 Å². The number of halogens is 3. The van der Waals surface area contributed by atoms with Crippen molar-refractivity contribution in [1.29, 1.82) is 0 Å². The van der Waals surface area contributed by atoms with Crippen molar-refractivity contribution >= 4 is 53.1 Å². The van der Waals surface area contributed by atoms with Crippen LogP contribution in [0, 0.1) is 28.9 Å². The highest BCUT2D eigenvalue weighted by Crippen LogP contribution is 2.40. The molecule has 19 nitrogen and oxygen atoms in total. The van der Waals surface area contributed by atoms with E-state index in [1.165, 1.54) is 24.0 Å². The van der Waals surface area contributed by atoms with Crippen LogP contribution in [0.15, 0.2) is 91.1 Å². The Hall–Kier alpha value is -7.88. The van der Waals surface area contributed by atoms with Crippen molar-refractivity contribution in [3.05, 3.63) is 120 Å². The Morgan fingerprint density at radius 2 is 1.54 bits per heavy atom. The number of aliphatic hydroxyl groups excluding tert-OH is 1. The highest BCUT2D eigenvalue weighted by atomic mass is 19.1. The van der Waals surface area contributed by atoms with E-state index in [9.17, 15) is 52.2 Å². The monoisotopic (exact) mass is 1110 g/mol. The van der Waals surface area contributed by atoms with Crippen LogP contribution in [0.1, 0.15) is 116 Å². The van der Waals surface area contributed by atoms with Gasteiger partial charge in [0, 0.05) is 74.5 Å². The molecular formula is C58H74F3N9O10. The topological polar surface area (TPSA) is 264 Å². The molecule has 3 aromatic carbocycles. The SMILES string of the molecule is CC(C)[C@H](NC(=O)CCCCCN1C(=O)C=CC1=O)C(=O)C[C@@H](CCCNC(N)=O)C(=O)Nc1ccc(COC(=O)N[C@@H](CF)CCN(C(=O)[C@H](C)O)[C@@H](c2nc(-c3cc(F)ccc3F)cn2Cc2ccccc2)C(C)(C)C)cc1. The second kappa shape index (κ2) is 29.9. The van der Waals surface area contributed by atoms with Gasteiger partial charge in [-0.2, -0.15) is 0 Å². The van der Waals surface area contributed by atoms with E-state index in [1.807, 2.05) is 51.1 Å². The van der Waals surface area contributed by atoms with Crippen LogP contribution in [0.2, 0.25) is 0 Å². The van der Waals surface area contributed by atoms with Crippen molar-refractivity contribution in [3.8, 4) is 11.3 Å². The molecule has 0 saturated heterocycles. The Bertz CT molecular complexity index is 2800. The predicted molar refractivity (Wildman–Crippen MR) is 293 cm³/mol. The number of carbonyl (C=O) groups excluding carboxylic acids is 8. The third kappa shape index (κ3) is 18.9. The molecule has 8 amide bonds. The first-order valence-corrected chi connectivity index (χ1v) is 26.8. The minimum Gasteiger partial charge on any atom is -0.445 e. The van der Waals surface area contributed by atoms with E-state index in [1.54, 1.807) is 48.9 Å². The van der Waals surface area contributed by atoms with Crippen molar-refractivity contribution in [2.75, 3.05) is 31.6 Å². The maximum Gasteiger partial charge on any atom is 0.407 e. The minimum absolute atomic E-state index is 0.101. The summed E-state index contributed by atoms with van der Waals surface area (Å²) in [5.41, 5.74) is 6.10. The smallest absolute Gasteiger partial charge is 0.407 e. The number of anilines is 1. The van der Waals surface area contributed by atoms with Crippen molar-refractivity contribution in [2.24, 2.45) is 23.0 Å². The minimum atomic E-state index is -1.51. The van der Waals surface area contributed by atoms with Gasteiger partial charge in [0.15, 0.2) is 5.78 Å². The molecule has 1 aliphatic heterocycles. The number of benzene rings is 3. The van der Waals surface area contributed by atoms with E-state index < -0.39 is 77.8 Å². The summed E-state index contributed by atoms with van der Waals surface area (Å²) in [7, 11) is 0. The zero-order valence-corrected chi connectivity index (χ0v) is 46.1. The summed E-state index contributed by atoms with van der Waals surface area (Å²) in [6, 6.07) is 14.9. The number of nitrogens with zero attached hydrogens (tertiary/aromatic N) is 4. The van der Waals surface area contributed by atoms with Crippen molar-refractivity contribution in [3.63, 3.8) is 0 Å². The largest absolute Gasteiger partial charge is 0.445 e. The van der Waals surface area contributed by atoms with E-state index in [-0.39, 0.29) is 99.1 Å². The Morgan fingerprint density at radius 1 is 0.850 bits per heavy atom. The van der Waals surface area contributed by atoms with Crippen LogP contribution in [0.5, 0.6) is 0 Å². The highest BCUT2D eigenvalue weighted by molar-refractivity contribution is 6.12. The Kier molecular flexibility index (Phi) is 23.5. The highest BCUT2D eigenvalue weighted by Gasteiger charge is 2.40. The van der Waals surface area contributed by atoms with Crippen LogP contribution in [-0.4, -0.2) is 116 Å². The fraction of sp³-hybridized carbons (Fsp3) is 0.466. The number of nitrogens with one attached hydrogen (secondary N) is 4. The standard InChI is InChI=1S/C58H74F3N9O10/c1-36(2)51(67-48(73)17-11-8-12-28-69-49(74)24-25-50(69)75)47(72)30-40(16-13-27-63-56(62)78)54(76)64-42-21-18-39(19-22-42)35-80-57(79)65-43(32-59)26-29-70(55(77)37(3)71)52(58(4,5)6)53-66-46(44-31-41(60)20-23-45(44)61)34-68(53)33-38-14-9-7-10-15-38/h7,9-10,14-15,18-25,31,34,36-37,40,43,51-52,71H,8,11-13,16-17,26-30,32-33,35H2,1-6H3,(H,64,76)(H,65,79)(H,67,73)(H3,62,63,78)/t37-,40+,43+,51-,52-/m0/s1. The second-order valence-corrected chi connectivity index (χ2v) is 21.3. The fourth-order valence-corrected chi connectivity index (χ4v) is 9.25. The summed E-state index contributed by atoms with van der Waals surface area (Å²) in [5, 5.41) is 21.3. The number of imide groups is 1. The molecule has 0 unspecified atom stereocenters. The van der Waals surface area contributed by atoms with Gasteiger partial charge in [0.2, 0.25) is 11.8 Å². The number of Topliss-reactive ketones (excluding diaryl/α,β-unsaturated/α-hetero) is 1. The second-order valence-electron chi connectivity index (χ2n) is 21.3. The molecule has 5 rings (SSSR count). The van der Waals surface area contributed by atoms with E-state index >= 15 is 4.39 Å². The fourth-order valence-electron chi connectivity index (χ4n) is 9.25. The van der Waals surface area contributed by atoms with Gasteiger partial charge >= 0.3 is 12.1 Å². The molecule has 0 spiro atoms. The number of carbonyl (C=O) groups is 8. The third-order valence-corrected chi connectivity index (χ3v) is 13.4. The van der Waals surface area contributed by atoms with Gasteiger partial charge in [-0.15, -0.1) is 0 Å². The summed E-state index contributed by atoms with van der Waals surface area (Å²) < 4.78 is 51.6. The lowest BCUT2D eigenvalue weighted by Gasteiger charge is -2.41. The zero-order chi connectivity index (χ0) is 58.7. The van der Waals surface area contributed by atoms with Gasteiger partial charge in [-0.25, -0.2) is 27.7 Å². The molecule has 7 N–H and O–H groups in total. The van der Waals surface area contributed by atoms with E-state index in [0.717, 1.165) is 28.7 Å². The summed E-state index contributed by atoms with van der Waals surface area (Å²) in [5.74, 6) is -4.98. The number of urea groups is 1. The van der Waals surface area contributed by atoms with Crippen molar-refractivity contribution in [2.45, 2.75) is 130 Å². The molecule has 5 atom stereocenters. The summed E-state index contributed by atoms with van der Waals surface area (Å²) in [6.45, 7) is 9.48. The number of primary amides is 1. The van der Waals surface area contributed by atoms with E-state index in [2.05, 4.69) is 21.3 Å². The van der Waals surface area contributed by atoms with Crippen LogP contribution in [-0.2, 0) is 46.7 Å². The number of ether oxygens (including phenoxy) is 1. The van der Waals surface area contributed by atoms with Gasteiger partial charge in [-0.1, -0.05) is 83.5 Å². The number of aromatic nitrogens is 2. The lowest BCUT2D eigenvalue weighted by molar-refractivity contribution is -0.145. The molecule has 0 radical (unpaired) electrons. The number of alkyl carbamates (subject to hydrolysis) is 1. The quantitative estimate of drug-likeness (QED) is 0.0221. The Balaban J connectivity index is 1.20. The third-order valence-electron chi connectivity index (χ3n) is 13.4. The molecule has 2 heterocycles. The molecule has 1 aromatic heterocycles. The molecule has 4 aromatic rings. The molecule has 80 heavy (non-hydrogen) atoms. The van der Waals surface area contributed by atoms with Crippen molar-refractivity contribution in [1.82, 2.24) is 35.3 Å². The molecule has 432 valence electrons. The van der Waals surface area contributed by atoms with Crippen LogP contribution in [0.25, 0.3) is 11.3 Å². The predicted octanol–water partition coefficient (Wildman–Crippen LogP) is 7.42. The Labute approximate surface area is 464 Å². The van der Waals surface area contributed by atoms with Gasteiger partial charge < -0.3 is 46.3 Å². The number of hydrogen-bond acceptors (Lipinski definition) is 11. The number of rotatable bonds is 30. The first-order chi connectivity index (χ1) is 37.9. The Morgan fingerprint density at radius 3 is 2.16 bits per heavy atom. The zero-order valence-electron chi connectivity index (χ0n) is 46.1. The number of aliphatic hydroxyl groups is 1. The lowest BCUT2D eigenvalue weighted by atomic mass is 9.84. The van der Waals surface area contributed by atoms with E-state index in [0.29, 0.717) is 42.8 Å². The molecular weight excluding hydrogens is 1040 g/mol. The number of ketones is 1. The number of amides is 8. The summed E-state index contributed by atoms with van der Waals surface area (Å²) >= 11 is 0. The summed E-state index contributed by atoms with van der Waals surface area (Å²) in [6.07, 6.45) is 3.29. The lowest BCUT2D eigenvalue weighted by Crippen LogP contribution is -2.48. The molecule has 22 heteroatoms. The first-order valence-electron chi connectivity index (χ1n) is 26.8. The van der Waals surface area contributed by atoms with Gasteiger partial charge in [0.25, 0.3) is 17.7 Å². The molecule has 0 bridgehead atoms. The maximum absolute atomic E-state index is 15.2. The van der Waals surface area contributed by atoms with Gasteiger partial charge in [-0.3, -0.25) is 33.7 Å². The van der Waals surface area contributed by atoms with Gasteiger partial charge in [0.05, 0.1) is 23.8 Å². The number of alkyl halides is 1. The molecule has 1 aliphatic rings. The van der Waals surface area contributed by atoms with Crippen LogP contribution < -0.4 is 27.0 Å². The number of hydrogen-bond donors (Lipinski definition) is 6. The first kappa shape index (κ1) is 63.0. The summed E-state index contributed by atoms with van der Waals surface area (Å²) in [4.78, 5) is 110.